The molecule has 0 spiro atoms. The lowest BCUT2D eigenvalue weighted by Gasteiger charge is -2.24. The first kappa shape index (κ1) is 15.1. The molecule has 0 saturated heterocycles. The van der Waals surface area contributed by atoms with Crippen molar-refractivity contribution in [2.75, 3.05) is 24.6 Å². The van der Waals surface area contributed by atoms with Crippen LogP contribution in [0.3, 0.4) is 0 Å². The monoisotopic (exact) mass is 288 g/mol. The van der Waals surface area contributed by atoms with E-state index in [0.717, 1.165) is 23.3 Å². The van der Waals surface area contributed by atoms with Crippen molar-refractivity contribution in [2.45, 2.75) is 31.9 Å². The lowest BCUT2D eigenvalue weighted by Crippen LogP contribution is -2.32. The predicted octanol–water partition coefficient (Wildman–Crippen LogP) is 2.14. The summed E-state index contributed by atoms with van der Waals surface area (Å²) >= 11 is 0. The van der Waals surface area contributed by atoms with E-state index >= 15 is 0 Å². The van der Waals surface area contributed by atoms with Crippen LogP contribution in [-0.2, 0) is 6.54 Å². The molecule has 0 aromatic heterocycles. The van der Waals surface area contributed by atoms with E-state index in [1.54, 1.807) is 6.07 Å². The normalized spacial score (nSPS) is 14.8. The van der Waals surface area contributed by atoms with Gasteiger partial charge < -0.3 is 15.3 Å². The number of hydrogen-bond acceptors (Lipinski definition) is 3. The van der Waals surface area contributed by atoms with Gasteiger partial charge in [0.15, 0.2) is 0 Å². The SMILES string of the molecule is OCCN(CC(F)F)c1ccc(CNC2CC2)cc1F. The molecule has 0 atom stereocenters. The maximum Gasteiger partial charge on any atom is 0.255 e. The maximum atomic E-state index is 14.0. The molecule has 6 heteroatoms. The molecule has 0 heterocycles. The molecule has 1 saturated carbocycles. The Morgan fingerprint density at radius 1 is 1.35 bits per heavy atom. The Balaban J connectivity index is 2.04. The number of nitrogens with one attached hydrogen (secondary N) is 1. The van der Waals surface area contributed by atoms with Gasteiger partial charge in [0.2, 0.25) is 0 Å². The van der Waals surface area contributed by atoms with Gasteiger partial charge in [0, 0.05) is 19.1 Å². The zero-order chi connectivity index (χ0) is 14.5. The quantitative estimate of drug-likeness (QED) is 0.769. The Hall–Kier alpha value is -1.27. The van der Waals surface area contributed by atoms with Gasteiger partial charge in [-0.05, 0) is 30.5 Å². The third kappa shape index (κ3) is 4.38. The van der Waals surface area contributed by atoms with Crippen molar-refractivity contribution in [1.29, 1.82) is 0 Å². The summed E-state index contributed by atoms with van der Waals surface area (Å²) in [4.78, 5) is 1.16. The largest absolute Gasteiger partial charge is 0.395 e. The zero-order valence-corrected chi connectivity index (χ0v) is 11.2. The van der Waals surface area contributed by atoms with Gasteiger partial charge in [0.05, 0.1) is 18.8 Å². The fourth-order valence-corrected chi connectivity index (χ4v) is 2.06. The number of nitrogens with zero attached hydrogens (tertiary/aromatic N) is 1. The average molecular weight is 288 g/mol. The summed E-state index contributed by atoms with van der Waals surface area (Å²) in [6.45, 7) is -0.314. The first-order chi connectivity index (χ1) is 9.60. The Morgan fingerprint density at radius 3 is 2.65 bits per heavy atom. The summed E-state index contributed by atoms with van der Waals surface area (Å²) in [6.07, 6.45) is -0.268. The average Bonchev–Trinajstić information content (AvgIpc) is 3.19. The second kappa shape index (κ2) is 6.95. The van der Waals surface area contributed by atoms with Crippen LogP contribution in [0.25, 0.3) is 0 Å². The van der Waals surface area contributed by atoms with E-state index in [9.17, 15) is 13.2 Å². The van der Waals surface area contributed by atoms with Crippen molar-refractivity contribution in [2.24, 2.45) is 0 Å². The van der Waals surface area contributed by atoms with Crippen molar-refractivity contribution in [3.05, 3.63) is 29.6 Å². The summed E-state index contributed by atoms with van der Waals surface area (Å²) in [5.74, 6) is -0.533. The molecule has 0 unspecified atom stereocenters. The number of alkyl halides is 2. The van der Waals surface area contributed by atoms with Gasteiger partial charge in [-0.15, -0.1) is 0 Å². The molecule has 0 radical (unpaired) electrons. The molecule has 0 amide bonds. The molecule has 20 heavy (non-hydrogen) atoms. The first-order valence-electron chi connectivity index (χ1n) is 6.76. The number of rotatable bonds is 8. The van der Waals surface area contributed by atoms with Crippen LogP contribution in [0.4, 0.5) is 18.9 Å². The van der Waals surface area contributed by atoms with Gasteiger partial charge >= 0.3 is 0 Å². The van der Waals surface area contributed by atoms with E-state index in [4.69, 9.17) is 5.11 Å². The zero-order valence-electron chi connectivity index (χ0n) is 11.2. The second-order valence-corrected chi connectivity index (χ2v) is 5.00. The smallest absolute Gasteiger partial charge is 0.255 e. The number of aliphatic hydroxyl groups is 1. The van der Waals surface area contributed by atoms with E-state index in [2.05, 4.69) is 5.32 Å². The lowest BCUT2D eigenvalue weighted by atomic mass is 10.1. The highest BCUT2D eigenvalue weighted by Gasteiger charge is 2.20. The van der Waals surface area contributed by atoms with Crippen LogP contribution >= 0.6 is 0 Å². The molecular formula is C14H19F3N2O. The predicted molar refractivity (Wildman–Crippen MR) is 71.6 cm³/mol. The summed E-state index contributed by atoms with van der Waals surface area (Å²) in [6, 6.07) is 5.11. The van der Waals surface area contributed by atoms with E-state index in [-0.39, 0.29) is 18.8 Å². The number of halogens is 3. The molecule has 2 N–H and O–H groups in total. The van der Waals surface area contributed by atoms with Crippen molar-refractivity contribution < 1.29 is 18.3 Å². The number of aliphatic hydroxyl groups excluding tert-OH is 1. The Labute approximate surface area is 116 Å². The molecule has 1 fully saturated rings. The van der Waals surface area contributed by atoms with Crippen molar-refractivity contribution in [3.63, 3.8) is 0 Å². The minimum absolute atomic E-state index is 0.0130. The van der Waals surface area contributed by atoms with Crippen LogP contribution in [0.2, 0.25) is 0 Å². The summed E-state index contributed by atoms with van der Waals surface area (Å²) < 4.78 is 38.9. The fourth-order valence-electron chi connectivity index (χ4n) is 2.06. The van der Waals surface area contributed by atoms with E-state index in [0.29, 0.717) is 12.6 Å². The molecule has 2 rings (SSSR count). The minimum Gasteiger partial charge on any atom is -0.395 e. The van der Waals surface area contributed by atoms with Gasteiger partial charge in [0.25, 0.3) is 6.43 Å². The van der Waals surface area contributed by atoms with Crippen molar-refractivity contribution in [1.82, 2.24) is 5.32 Å². The summed E-state index contributed by atoms with van der Waals surface area (Å²) in [5, 5.41) is 12.2. The fraction of sp³-hybridized carbons (Fsp3) is 0.571. The highest BCUT2D eigenvalue weighted by molar-refractivity contribution is 5.49. The van der Waals surface area contributed by atoms with Crippen LogP contribution in [0.5, 0.6) is 0 Å². The number of anilines is 1. The molecule has 1 aliphatic carbocycles. The first-order valence-corrected chi connectivity index (χ1v) is 6.76. The lowest BCUT2D eigenvalue weighted by molar-refractivity contribution is 0.152. The Bertz CT molecular complexity index is 438. The highest BCUT2D eigenvalue weighted by atomic mass is 19.3. The molecule has 112 valence electrons. The van der Waals surface area contributed by atoms with Crippen molar-refractivity contribution >= 4 is 5.69 Å². The summed E-state index contributed by atoms with van der Waals surface area (Å²) in [7, 11) is 0. The Kier molecular flexibility index (Phi) is 5.25. The van der Waals surface area contributed by atoms with Crippen LogP contribution < -0.4 is 10.2 Å². The van der Waals surface area contributed by atoms with E-state index in [1.807, 2.05) is 0 Å². The van der Waals surface area contributed by atoms with Gasteiger partial charge in [-0.1, -0.05) is 6.07 Å². The van der Waals surface area contributed by atoms with Gasteiger partial charge in [0.1, 0.15) is 5.82 Å². The van der Waals surface area contributed by atoms with Crippen molar-refractivity contribution in [3.8, 4) is 0 Å². The maximum absolute atomic E-state index is 14.0. The van der Waals surface area contributed by atoms with Crippen LogP contribution in [0.1, 0.15) is 18.4 Å². The van der Waals surface area contributed by atoms with Crippen LogP contribution in [0.15, 0.2) is 18.2 Å². The number of hydrogen-bond donors (Lipinski definition) is 2. The minimum atomic E-state index is -2.57. The van der Waals surface area contributed by atoms with Crippen LogP contribution in [-0.4, -0.2) is 37.3 Å². The van der Waals surface area contributed by atoms with E-state index < -0.39 is 18.8 Å². The molecule has 1 aromatic rings. The third-order valence-electron chi connectivity index (χ3n) is 3.25. The highest BCUT2D eigenvalue weighted by Crippen LogP contribution is 2.23. The standard InChI is InChI=1S/C14H19F3N2O/c15-12-7-10(8-18-11-2-3-11)1-4-13(12)19(5-6-20)9-14(16)17/h1,4,7,11,14,18,20H,2-3,5-6,8-9H2. The van der Waals surface area contributed by atoms with Gasteiger partial charge in [-0.3, -0.25) is 0 Å². The van der Waals surface area contributed by atoms with E-state index in [1.165, 1.54) is 12.1 Å². The topological polar surface area (TPSA) is 35.5 Å². The van der Waals surface area contributed by atoms with Gasteiger partial charge in [-0.2, -0.15) is 0 Å². The molecule has 0 bridgehead atoms. The molecule has 3 nitrogen and oxygen atoms in total. The second-order valence-electron chi connectivity index (χ2n) is 5.00. The summed E-state index contributed by atoms with van der Waals surface area (Å²) in [5.41, 5.74) is 0.897. The van der Waals surface area contributed by atoms with Crippen LogP contribution in [0, 0.1) is 5.82 Å². The third-order valence-corrected chi connectivity index (χ3v) is 3.25. The van der Waals surface area contributed by atoms with Gasteiger partial charge in [-0.25, -0.2) is 13.2 Å². The molecule has 1 aromatic carbocycles. The Morgan fingerprint density at radius 2 is 2.10 bits per heavy atom. The molecular weight excluding hydrogens is 269 g/mol. The molecule has 1 aliphatic rings. The number of benzene rings is 1. The molecule has 0 aliphatic heterocycles.